The van der Waals surface area contributed by atoms with Crippen molar-refractivity contribution in [1.82, 2.24) is 0 Å². The fourth-order valence-corrected chi connectivity index (χ4v) is 3.32. The van der Waals surface area contributed by atoms with Crippen molar-refractivity contribution >= 4 is 22.4 Å². The molecule has 6 heteroatoms. The average Bonchev–Trinajstić information content (AvgIpc) is 2.72. The standard InChI is InChI=1S/C11H16O4S2/c1-10(2)6-14-11(3,15-7-10)8-4-5-16-9(8)17(12)13/h4-5H,6-7H2,1-3H3,(H,12,13). The Kier molecular flexibility index (Phi) is 3.44. The first-order valence-corrected chi connectivity index (χ1v) is 7.29. The molecule has 96 valence electrons. The topological polar surface area (TPSA) is 55.8 Å². The molecule has 0 radical (unpaired) electrons. The largest absolute Gasteiger partial charge is 0.345 e. The first kappa shape index (κ1) is 13.2. The van der Waals surface area contributed by atoms with E-state index in [-0.39, 0.29) is 5.41 Å². The van der Waals surface area contributed by atoms with Crippen molar-refractivity contribution in [3.63, 3.8) is 0 Å². The van der Waals surface area contributed by atoms with E-state index in [0.717, 1.165) is 0 Å². The number of thiophene rings is 1. The summed E-state index contributed by atoms with van der Waals surface area (Å²) in [7, 11) is 0. The molecule has 0 saturated carbocycles. The maximum absolute atomic E-state index is 11.2. The molecule has 0 aliphatic carbocycles. The van der Waals surface area contributed by atoms with Gasteiger partial charge in [0.1, 0.15) is 4.21 Å². The summed E-state index contributed by atoms with van der Waals surface area (Å²) >= 11 is -0.758. The van der Waals surface area contributed by atoms with E-state index in [9.17, 15) is 8.76 Å². The molecule has 1 unspecified atom stereocenters. The number of hydrogen-bond acceptors (Lipinski definition) is 4. The van der Waals surface area contributed by atoms with Gasteiger partial charge in [-0.1, -0.05) is 13.8 Å². The van der Waals surface area contributed by atoms with Crippen molar-refractivity contribution in [1.29, 1.82) is 0 Å². The molecule has 1 aliphatic heterocycles. The highest BCUT2D eigenvalue weighted by Gasteiger charge is 2.40. The average molecular weight is 276 g/mol. The van der Waals surface area contributed by atoms with E-state index in [2.05, 4.69) is 13.8 Å². The molecule has 0 aromatic carbocycles. The van der Waals surface area contributed by atoms with E-state index in [1.165, 1.54) is 11.3 Å². The Morgan fingerprint density at radius 3 is 2.47 bits per heavy atom. The van der Waals surface area contributed by atoms with Crippen LogP contribution in [0.4, 0.5) is 0 Å². The van der Waals surface area contributed by atoms with Gasteiger partial charge in [-0.2, -0.15) is 0 Å². The van der Waals surface area contributed by atoms with Crippen LogP contribution in [0, 0.1) is 5.41 Å². The van der Waals surface area contributed by atoms with Crippen molar-refractivity contribution in [3.8, 4) is 0 Å². The molecule has 0 bridgehead atoms. The zero-order valence-electron chi connectivity index (χ0n) is 10.1. The fourth-order valence-electron chi connectivity index (χ4n) is 1.67. The molecule has 17 heavy (non-hydrogen) atoms. The molecule has 0 spiro atoms. The highest BCUT2D eigenvalue weighted by atomic mass is 32.2. The molecule has 1 aliphatic rings. The van der Waals surface area contributed by atoms with Crippen LogP contribution in [0.15, 0.2) is 15.7 Å². The molecule has 1 saturated heterocycles. The van der Waals surface area contributed by atoms with E-state index in [1.54, 1.807) is 18.4 Å². The Morgan fingerprint density at radius 1 is 1.35 bits per heavy atom. The van der Waals surface area contributed by atoms with Crippen LogP contribution in [0.3, 0.4) is 0 Å². The van der Waals surface area contributed by atoms with Crippen LogP contribution in [0.25, 0.3) is 0 Å². The summed E-state index contributed by atoms with van der Waals surface area (Å²) in [5, 5.41) is 1.77. The minimum Gasteiger partial charge on any atom is -0.345 e. The Labute approximate surface area is 107 Å². The minimum atomic E-state index is -2.00. The highest BCUT2D eigenvalue weighted by molar-refractivity contribution is 7.81. The quantitative estimate of drug-likeness (QED) is 0.844. The lowest BCUT2D eigenvalue weighted by molar-refractivity contribution is -0.299. The van der Waals surface area contributed by atoms with Crippen LogP contribution in [-0.2, 0) is 26.3 Å². The second-order valence-electron chi connectivity index (χ2n) is 5.06. The van der Waals surface area contributed by atoms with E-state index in [1.807, 2.05) is 0 Å². The summed E-state index contributed by atoms with van der Waals surface area (Å²) in [6, 6.07) is 1.78. The third-order valence-electron chi connectivity index (χ3n) is 2.75. The third-order valence-corrected chi connectivity index (χ3v) is 4.71. The van der Waals surface area contributed by atoms with Gasteiger partial charge in [0, 0.05) is 11.0 Å². The predicted octanol–water partition coefficient (Wildman–Crippen LogP) is 2.57. The van der Waals surface area contributed by atoms with Gasteiger partial charge in [-0.05, 0) is 18.4 Å². The molecule has 4 nitrogen and oxygen atoms in total. The second-order valence-corrected chi connectivity index (χ2v) is 7.14. The highest BCUT2D eigenvalue weighted by Crippen LogP contribution is 2.39. The van der Waals surface area contributed by atoms with E-state index in [0.29, 0.717) is 23.0 Å². The van der Waals surface area contributed by atoms with Crippen molar-refractivity contribution in [2.75, 3.05) is 13.2 Å². The van der Waals surface area contributed by atoms with Gasteiger partial charge in [0.05, 0.1) is 13.2 Å². The van der Waals surface area contributed by atoms with Gasteiger partial charge >= 0.3 is 0 Å². The molecule has 1 aromatic heterocycles. The second kappa shape index (κ2) is 4.44. The maximum Gasteiger partial charge on any atom is 0.197 e. The summed E-state index contributed by atoms with van der Waals surface area (Å²) in [6.45, 7) is 7.05. The van der Waals surface area contributed by atoms with Crippen LogP contribution in [-0.4, -0.2) is 22.0 Å². The van der Waals surface area contributed by atoms with Crippen LogP contribution in [0.5, 0.6) is 0 Å². The monoisotopic (exact) mass is 276 g/mol. The van der Waals surface area contributed by atoms with Gasteiger partial charge in [0.2, 0.25) is 0 Å². The lowest BCUT2D eigenvalue weighted by Crippen LogP contribution is -2.43. The molecule has 2 heterocycles. The fraction of sp³-hybridized carbons (Fsp3) is 0.636. The van der Waals surface area contributed by atoms with Crippen molar-refractivity contribution < 1.29 is 18.2 Å². The Balaban J connectivity index is 2.28. The molecule has 1 N–H and O–H groups in total. The van der Waals surface area contributed by atoms with Gasteiger partial charge in [-0.25, -0.2) is 4.21 Å². The van der Waals surface area contributed by atoms with Crippen molar-refractivity contribution in [2.45, 2.75) is 30.8 Å². The third kappa shape index (κ3) is 2.61. The predicted molar refractivity (Wildman–Crippen MR) is 66.4 cm³/mol. The molecule has 0 amide bonds. The molecular formula is C11H16O4S2. The Hall–Kier alpha value is -0.270. The first-order chi connectivity index (χ1) is 7.84. The van der Waals surface area contributed by atoms with Crippen molar-refractivity contribution in [3.05, 3.63) is 17.0 Å². The van der Waals surface area contributed by atoms with E-state index >= 15 is 0 Å². The summed E-state index contributed by atoms with van der Waals surface area (Å²) < 4.78 is 32.3. The molecular weight excluding hydrogens is 260 g/mol. The van der Waals surface area contributed by atoms with Gasteiger partial charge in [-0.15, -0.1) is 11.3 Å². The van der Waals surface area contributed by atoms with Crippen LogP contribution in [0.1, 0.15) is 26.3 Å². The summed E-state index contributed by atoms with van der Waals surface area (Å²) in [6.07, 6.45) is 0. The SMILES string of the molecule is CC1(C)COC(C)(c2ccsc2S(=O)O)OC1. The van der Waals surface area contributed by atoms with Gasteiger partial charge < -0.3 is 14.0 Å². The molecule has 2 rings (SSSR count). The van der Waals surface area contributed by atoms with Crippen LogP contribution >= 0.6 is 11.3 Å². The molecule has 1 aromatic rings. The van der Waals surface area contributed by atoms with Gasteiger partial charge in [-0.3, -0.25) is 0 Å². The smallest absolute Gasteiger partial charge is 0.197 e. The number of hydrogen-bond donors (Lipinski definition) is 1. The van der Waals surface area contributed by atoms with Crippen LogP contribution < -0.4 is 0 Å². The molecule has 1 atom stereocenters. The zero-order valence-corrected chi connectivity index (χ0v) is 11.7. The number of rotatable bonds is 2. The molecule has 1 fully saturated rings. The lowest BCUT2D eigenvalue weighted by Gasteiger charge is -2.41. The van der Waals surface area contributed by atoms with Gasteiger partial charge in [0.15, 0.2) is 16.9 Å². The summed E-state index contributed by atoms with van der Waals surface area (Å²) in [4.78, 5) is 0. The van der Waals surface area contributed by atoms with E-state index in [4.69, 9.17) is 9.47 Å². The van der Waals surface area contributed by atoms with E-state index < -0.39 is 16.9 Å². The maximum atomic E-state index is 11.2. The van der Waals surface area contributed by atoms with Gasteiger partial charge in [0.25, 0.3) is 0 Å². The van der Waals surface area contributed by atoms with Crippen molar-refractivity contribution in [2.24, 2.45) is 5.41 Å². The summed E-state index contributed by atoms with van der Waals surface area (Å²) in [5.41, 5.74) is 0.632. The normalized spacial score (nSPS) is 24.5. The Morgan fingerprint density at radius 2 is 1.94 bits per heavy atom. The minimum absolute atomic E-state index is 0.0198. The lowest BCUT2D eigenvalue weighted by atomic mass is 9.94. The van der Waals surface area contributed by atoms with Crippen LogP contribution in [0.2, 0.25) is 0 Å². The zero-order chi connectivity index (χ0) is 12.7. The Bertz CT molecular complexity index is 428. The number of ether oxygens (including phenoxy) is 2. The first-order valence-electron chi connectivity index (χ1n) is 5.31. The summed E-state index contributed by atoms with van der Waals surface area (Å²) in [5.74, 6) is -0.913.